The molecule has 0 aliphatic heterocycles. The molecule has 15 heavy (non-hydrogen) atoms. The second-order valence-electron chi connectivity index (χ2n) is 3.82. The zero-order chi connectivity index (χ0) is 11.7. The molecule has 0 spiro atoms. The number of hydrogen-bond donors (Lipinski definition) is 1. The molecule has 0 rings (SSSR count). The summed E-state index contributed by atoms with van der Waals surface area (Å²) in [6, 6.07) is 0. The van der Waals surface area contributed by atoms with Gasteiger partial charge in [0, 0.05) is 12.1 Å². The fourth-order valence-corrected chi connectivity index (χ4v) is 1.79. The quantitative estimate of drug-likeness (QED) is 0.632. The van der Waals surface area contributed by atoms with E-state index < -0.39 is 0 Å². The van der Waals surface area contributed by atoms with Crippen LogP contribution in [0.1, 0.15) is 53.4 Å². The Morgan fingerprint density at radius 3 is 2.07 bits per heavy atom. The van der Waals surface area contributed by atoms with Crippen molar-refractivity contribution in [2.45, 2.75) is 58.9 Å². The molecule has 0 aliphatic rings. The third kappa shape index (κ3) is 5.17. The molecule has 0 unspecified atom stereocenters. The largest absolute Gasteiger partial charge is 0.466 e. The number of esters is 1. The first kappa shape index (κ1) is 14.4. The molecule has 0 radical (unpaired) electrons. The average Bonchev–Trinajstić information content (AvgIpc) is 2.25. The van der Waals surface area contributed by atoms with Gasteiger partial charge in [0.05, 0.1) is 13.0 Å². The normalized spacial score (nSPS) is 11.5. The molecule has 3 heteroatoms. The van der Waals surface area contributed by atoms with Crippen molar-refractivity contribution in [2.24, 2.45) is 0 Å². The van der Waals surface area contributed by atoms with Gasteiger partial charge in [-0.25, -0.2) is 0 Å². The molecule has 0 atom stereocenters. The van der Waals surface area contributed by atoms with Crippen molar-refractivity contribution >= 4 is 5.97 Å². The maximum absolute atomic E-state index is 11.1. The zero-order valence-corrected chi connectivity index (χ0v) is 10.6. The fraction of sp³-hybridized carbons (Fsp3) is 0.917. The van der Waals surface area contributed by atoms with Crippen LogP contribution in [0.2, 0.25) is 0 Å². The Morgan fingerprint density at radius 2 is 1.67 bits per heavy atom. The van der Waals surface area contributed by atoms with Gasteiger partial charge in [0.25, 0.3) is 0 Å². The first-order valence-electron chi connectivity index (χ1n) is 6.04. The average molecular weight is 215 g/mol. The zero-order valence-electron chi connectivity index (χ0n) is 10.6. The number of carbonyl (C=O) groups excluding carboxylic acids is 1. The van der Waals surface area contributed by atoms with E-state index in [0.717, 1.165) is 19.3 Å². The summed E-state index contributed by atoms with van der Waals surface area (Å²) >= 11 is 0. The molecular weight excluding hydrogens is 190 g/mol. The van der Waals surface area contributed by atoms with Crippen molar-refractivity contribution in [3.05, 3.63) is 0 Å². The predicted octanol–water partition coefficient (Wildman–Crippen LogP) is 2.50. The number of nitrogens with one attached hydrogen (secondary N) is 1. The minimum absolute atomic E-state index is 0.109. The molecule has 0 saturated heterocycles. The molecule has 90 valence electrons. The van der Waals surface area contributed by atoms with Crippen LogP contribution in [0.25, 0.3) is 0 Å². The Balaban J connectivity index is 3.85. The van der Waals surface area contributed by atoms with Gasteiger partial charge in [-0.3, -0.25) is 4.79 Å². The summed E-state index contributed by atoms with van der Waals surface area (Å²) in [7, 11) is 0. The molecule has 3 nitrogen and oxygen atoms in total. The van der Waals surface area contributed by atoms with E-state index >= 15 is 0 Å². The fourth-order valence-electron chi connectivity index (χ4n) is 1.79. The topological polar surface area (TPSA) is 38.3 Å². The molecule has 0 aliphatic carbocycles. The number of ether oxygens (including phenoxy) is 1. The molecular formula is C12H25NO2. The molecule has 0 aromatic heterocycles. The summed E-state index contributed by atoms with van der Waals surface area (Å²) in [5.41, 5.74) is 0.201. The lowest BCUT2D eigenvalue weighted by molar-refractivity contribution is -0.143. The number of carbonyl (C=O) groups is 1. The highest BCUT2D eigenvalue weighted by atomic mass is 16.5. The van der Waals surface area contributed by atoms with E-state index in [9.17, 15) is 4.79 Å². The highest BCUT2D eigenvalue weighted by Crippen LogP contribution is 2.18. The standard InChI is InChI=1S/C12H25NO2/c1-5-12(6-2,7-3)13-10-9-11(14)15-8-4/h13H,5-10H2,1-4H3. The minimum atomic E-state index is -0.109. The Hall–Kier alpha value is -0.570. The van der Waals surface area contributed by atoms with E-state index in [2.05, 4.69) is 26.1 Å². The molecule has 1 N–H and O–H groups in total. The summed E-state index contributed by atoms with van der Waals surface area (Å²) in [4.78, 5) is 11.1. The van der Waals surface area contributed by atoms with Crippen LogP contribution in [-0.2, 0) is 9.53 Å². The smallest absolute Gasteiger partial charge is 0.307 e. The SMILES string of the molecule is CCOC(=O)CCNC(CC)(CC)CC. The minimum Gasteiger partial charge on any atom is -0.466 e. The van der Waals surface area contributed by atoms with Gasteiger partial charge in [0.15, 0.2) is 0 Å². The van der Waals surface area contributed by atoms with Crippen molar-refractivity contribution in [2.75, 3.05) is 13.2 Å². The molecule has 0 bridgehead atoms. The highest BCUT2D eigenvalue weighted by Gasteiger charge is 2.22. The van der Waals surface area contributed by atoms with Crippen LogP contribution in [-0.4, -0.2) is 24.7 Å². The van der Waals surface area contributed by atoms with Crippen molar-refractivity contribution in [3.8, 4) is 0 Å². The van der Waals surface area contributed by atoms with E-state index in [4.69, 9.17) is 4.74 Å². The second-order valence-corrected chi connectivity index (χ2v) is 3.82. The Morgan fingerprint density at radius 1 is 1.13 bits per heavy atom. The molecule has 0 saturated carbocycles. The van der Waals surface area contributed by atoms with E-state index in [1.165, 1.54) is 0 Å². The van der Waals surface area contributed by atoms with Crippen molar-refractivity contribution in [3.63, 3.8) is 0 Å². The summed E-state index contributed by atoms with van der Waals surface area (Å²) in [5.74, 6) is -0.109. The first-order valence-corrected chi connectivity index (χ1v) is 6.04. The van der Waals surface area contributed by atoms with E-state index in [0.29, 0.717) is 19.6 Å². The third-order valence-corrected chi connectivity index (χ3v) is 3.16. The Labute approximate surface area is 93.6 Å². The number of rotatable bonds is 8. The van der Waals surface area contributed by atoms with Crippen LogP contribution < -0.4 is 5.32 Å². The lowest BCUT2D eigenvalue weighted by atomic mass is 9.90. The lowest BCUT2D eigenvalue weighted by Gasteiger charge is -2.31. The van der Waals surface area contributed by atoms with Gasteiger partial charge in [-0.2, -0.15) is 0 Å². The Kier molecular flexibility index (Phi) is 7.39. The van der Waals surface area contributed by atoms with E-state index in [1.807, 2.05) is 6.92 Å². The summed E-state index contributed by atoms with van der Waals surface area (Å²) < 4.78 is 4.88. The maximum Gasteiger partial charge on any atom is 0.307 e. The van der Waals surface area contributed by atoms with Crippen LogP contribution in [0.5, 0.6) is 0 Å². The molecule has 0 amide bonds. The van der Waals surface area contributed by atoms with Gasteiger partial charge >= 0.3 is 5.97 Å². The molecule has 0 heterocycles. The molecule has 0 aromatic rings. The van der Waals surface area contributed by atoms with Gasteiger partial charge in [0.1, 0.15) is 0 Å². The van der Waals surface area contributed by atoms with Crippen LogP contribution in [0, 0.1) is 0 Å². The van der Waals surface area contributed by atoms with Crippen LogP contribution >= 0.6 is 0 Å². The van der Waals surface area contributed by atoms with Crippen molar-refractivity contribution in [1.29, 1.82) is 0 Å². The van der Waals surface area contributed by atoms with E-state index in [1.54, 1.807) is 0 Å². The summed E-state index contributed by atoms with van der Waals surface area (Å²) in [6.07, 6.45) is 3.77. The number of hydrogen-bond acceptors (Lipinski definition) is 3. The second kappa shape index (κ2) is 7.69. The summed E-state index contributed by atoms with van der Waals surface area (Å²) in [5, 5.41) is 3.47. The maximum atomic E-state index is 11.1. The highest BCUT2D eigenvalue weighted by molar-refractivity contribution is 5.69. The van der Waals surface area contributed by atoms with Gasteiger partial charge in [0.2, 0.25) is 0 Å². The van der Waals surface area contributed by atoms with Gasteiger partial charge in [-0.15, -0.1) is 0 Å². The Bertz CT molecular complexity index is 168. The predicted molar refractivity (Wildman–Crippen MR) is 62.9 cm³/mol. The van der Waals surface area contributed by atoms with Crippen LogP contribution in [0.4, 0.5) is 0 Å². The third-order valence-electron chi connectivity index (χ3n) is 3.16. The summed E-state index contributed by atoms with van der Waals surface area (Å²) in [6.45, 7) is 9.58. The monoisotopic (exact) mass is 215 g/mol. The van der Waals surface area contributed by atoms with Gasteiger partial charge in [-0.05, 0) is 26.2 Å². The van der Waals surface area contributed by atoms with Crippen molar-refractivity contribution in [1.82, 2.24) is 5.32 Å². The van der Waals surface area contributed by atoms with E-state index in [-0.39, 0.29) is 11.5 Å². The molecule has 0 fully saturated rings. The van der Waals surface area contributed by atoms with Gasteiger partial charge < -0.3 is 10.1 Å². The van der Waals surface area contributed by atoms with Crippen LogP contribution in [0.3, 0.4) is 0 Å². The van der Waals surface area contributed by atoms with Gasteiger partial charge in [-0.1, -0.05) is 20.8 Å². The van der Waals surface area contributed by atoms with Crippen molar-refractivity contribution < 1.29 is 9.53 Å². The first-order chi connectivity index (χ1) is 7.14. The van der Waals surface area contributed by atoms with Crippen LogP contribution in [0.15, 0.2) is 0 Å². The lowest BCUT2D eigenvalue weighted by Crippen LogP contribution is -2.44. The molecule has 0 aromatic carbocycles.